The standard InChI is InChI=1S/C15H18N4O2/c1-4-16-14(20)11-5-7-12(8-6-11)17-15(21)13-9-10(2)18-19(13)3/h5-9H,4H2,1-3H3,(H,16,20)(H,17,21). The van der Waals surface area contributed by atoms with Crippen molar-refractivity contribution in [3.63, 3.8) is 0 Å². The summed E-state index contributed by atoms with van der Waals surface area (Å²) in [5, 5.41) is 9.63. The molecule has 0 unspecified atom stereocenters. The summed E-state index contributed by atoms with van der Waals surface area (Å²) < 4.78 is 1.54. The van der Waals surface area contributed by atoms with Crippen LogP contribution in [0.25, 0.3) is 0 Å². The van der Waals surface area contributed by atoms with Gasteiger partial charge in [0.05, 0.1) is 5.69 Å². The van der Waals surface area contributed by atoms with Crippen molar-refractivity contribution < 1.29 is 9.59 Å². The molecule has 0 saturated heterocycles. The van der Waals surface area contributed by atoms with Crippen molar-refractivity contribution in [1.82, 2.24) is 15.1 Å². The number of aryl methyl sites for hydroxylation is 2. The fraction of sp³-hybridized carbons (Fsp3) is 0.267. The molecule has 6 heteroatoms. The topological polar surface area (TPSA) is 76.0 Å². The summed E-state index contributed by atoms with van der Waals surface area (Å²) in [4.78, 5) is 23.8. The first-order chi connectivity index (χ1) is 10.0. The minimum Gasteiger partial charge on any atom is -0.352 e. The van der Waals surface area contributed by atoms with Crippen LogP contribution >= 0.6 is 0 Å². The Balaban J connectivity index is 2.08. The van der Waals surface area contributed by atoms with Crippen LogP contribution in [0.3, 0.4) is 0 Å². The maximum atomic E-state index is 12.1. The molecular formula is C15H18N4O2. The molecule has 0 fully saturated rings. The Kier molecular flexibility index (Phi) is 4.37. The molecule has 0 aliphatic carbocycles. The van der Waals surface area contributed by atoms with Crippen LogP contribution in [0.15, 0.2) is 30.3 Å². The van der Waals surface area contributed by atoms with Gasteiger partial charge in [-0.15, -0.1) is 0 Å². The van der Waals surface area contributed by atoms with E-state index in [4.69, 9.17) is 0 Å². The fourth-order valence-corrected chi connectivity index (χ4v) is 1.99. The van der Waals surface area contributed by atoms with Crippen LogP contribution in [0, 0.1) is 6.92 Å². The van der Waals surface area contributed by atoms with Gasteiger partial charge in [0.25, 0.3) is 11.8 Å². The van der Waals surface area contributed by atoms with Crippen molar-refractivity contribution in [3.05, 3.63) is 47.3 Å². The van der Waals surface area contributed by atoms with Gasteiger partial charge in [-0.3, -0.25) is 14.3 Å². The normalized spacial score (nSPS) is 10.2. The van der Waals surface area contributed by atoms with E-state index in [1.807, 2.05) is 13.8 Å². The van der Waals surface area contributed by atoms with Crippen LogP contribution < -0.4 is 10.6 Å². The molecule has 110 valence electrons. The van der Waals surface area contributed by atoms with Gasteiger partial charge in [0, 0.05) is 24.8 Å². The number of rotatable bonds is 4. The number of nitrogens with one attached hydrogen (secondary N) is 2. The maximum Gasteiger partial charge on any atom is 0.273 e. The third-order valence-corrected chi connectivity index (χ3v) is 2.98. The van der Waals surface area contributed by atoms with E-state index in [9.17, 15) is 9.59 Å². The quantitative estimate of drug-likeness (QED) is 0.898. The zero-order valence-corrected chi connectivity index (χ0v) is 12.3. The van der Waals surface area contributed by atoms with E-state index in [2.05, 4.69) is 15.7 Å². The van der Waals surface area contributed by atoms with Gasteiger partial charge in [-0.1, -0.05) is 0 Å². The molecule has 1 heterocycles. The zero-order valence-electron chi connectivity index (χ0n) is 12.3. The lowest BCUT2D eigenvalue weighted by molar-refractivity contribution is 0.0955. The van der Waals surface area contributed by atoms with Gasteiger partial charge in [0.2, 0.25) is 0 Å². The summed E-state index contributed by atoms with van der Waals surface area (Å²) in [6.45, 7) is 4.28. The molecule has 2 amide bonds. The largest absolute Gasteiger partial charge is 0.352 e. The van der Waals surface area contributed by atoms with Crippen LogP contribution in [-0.2, 0) is 7.05 Å². The number of anilines is 1. The summed E-state index contributed by atoms with van der Waals surface area (Å²) in [5.41, 5.74) is 2.47. The molecule has 1 aromatic heterocycles. The van der Waals surface area contributed by atoms with Gasteiger partial charge in [-0.2, -0.15) is 5.10 Å². The highest BCUT2D eigenvalue weighted by Crippen LogP contribution is 2.12. The lowest BCUT2D eigenvalue weighted by Crippen LogP contribution is -2.22. The van der Waals surface area contributed by atoms with E-state index in [-0.39, 0.29) is 11.8 Å². The third kappa shape index (κ3) is 3.47. The second kappa shape index (κ2) is 6.21. The number of aromatic nitrogens is 2. The Morgan fingerprint density at radius 1 is 1.19 bits per heavy atom. The molecule has 2 aromatic rings. The predicted molar refractivity (Wildman–Crippen MR) is 80.3 cm³/mol. The number of nitrogens with zero attached hydrogens (tertiary/aromatic N) is 2. The van der Waals surface area contributed by atoms with E-state index < -0.39 is 0 Å². The highest BCUT2D eigenvalue weighted by atomic mass is 16.2. The lowest BCUT2D eigenvalue weighted by atomic mass is 10.2. The Hall–Kier alpha value is -2.63. The third-order valence-electron chi connectivity index (χ3n) is 2.98. The van der Waals surface area contributed by atoms with Gasteiger partial charge in [0.1, 0.15) is 5.69 Å². The maximum absolute atomic E-state index is 12.1. The number of carbonyl (C=O) groups is 2. The van der Waals surface area contributed by atoms with E-state index in [1.165, 1.54) is 4.68 Å². The van der Waals surface area contributed by atoms with Crippen molar-refractivity contribution in [3.8, 4) is 0 Å². The molecule has 0 saturated carbocycles. The highest BCUT2D eigenvalue weighted by Gasteiger charge is 2.12. The summed E-state index contributed by atoms with van der Waals surface area (Å²) >= 11 is 0. The van der Waals surface area contributed by atoms with Gasteiger partial charge >= 0.3 is 0 Å². The molecule has 0 spiro atoms. The highest BCUT2D eigenvalue weighted by molar-refractivity contribution is 6.03. The molecule has 0 radical (unpaired) electrons. The van der Waals surface area contributed by atoms with Gasteiger partial charge in [-0.05, 0) is 44.2 Å². The van der Waals surface area contributed by atoms with Crippen LogP contribution in [0.5, 0.6) is 0 Å². The minimum atomic E-state index is -0.233. The van der Waals surface area contributed by atoms with Crippen molar-refractivity contribution in [2.45, 2.75) is 13.8 Å². The van der Waals surface area contributed by atoms with E-state index in [0.29, 0.717) is 23.5 Å². The average Bonchev–Trinajstić information content (AvgIpc) is 2.79. The Morgan fingerprint density at radius 3 is 2.38 bits per heavy atom. The Morgan fingerprint density at radius 2 is 1.86 bits per heavy atom. The number of hydrogen-bond acceptors (Lipinski definition) is 3. The van der Waals surface area contributed by atoms with Crippen molar-refractivity contribution in [2.24, 2.45) is 7.05 Å². The van der Waals surface area contributed by atoms with Crippen molar-refractivity contribution in [2.75, 3.05) is 11.9 Å². The van der Waals surface area contributed by atoms with Crippen LogP contribution in [0.4, 0.5) is 5.69 Å². The molecule has 0 aliphatic rings. The molecule has 0 aliphatic heterocycles. The average molecular weight is 286 g/mol. The number of amides is 2. The van der Waals surface area contributed by atoms with Crippen molar-refractivity contribution >= 4 is 17.5 Å². The SMILES string of the molecule is CCNC(=O)c1ccc(NC(=O)c2cc(C)nn2C)cc1. The van der Waals surface area contributed by atoms with Crippen LogP contribution in [0.2, 0.25) is 0 Å². The lowest BCUT2D eigenvalue weighted by Gasteiger charge is -2.06. The molecule has 21 heavy (non-hydrogen) atoms. The molecule has 1 aromatic carbocycles. The van der Waals surface area contributed by atoms with E-state index in [1.54, 1.807) is 37.4 Å². The fourth-order valence-electron chi connectivity index (χ4n) is 1.99. The second-order valence-electron chi connectivity index (χ2n) is 4.69. The van der Waals surface area contributed by atoms with Gasteiger partial charge in [0.15, 0.2) is 0 Å². The van der Waals surface area contributed by atoms with Crippen LogP contribution in [-0.4, -0.2) is 28.1 Å². The summed E-state index contributed by atoms with van der Waals surface area (Å²) in [6.07, 6.45) is 0. The first kappa shape index (κ1) is 14.8. The molecular weight excluding hydrogens is 268 g/mol. The molecule has 2 rings (SSSR count). The molecule has 0 bridgehead atoms. The molecule has 0 atom stereocenters. The molecule has 6 nitrogen and oxygen atoms in total. The monoisotopic (exact) mass is 286 g/mol. The zero-order chi connectivity index (χ0) is 15.4. The summed E-state index contributed by atoms with van der Waals surface area (Å²) in [6, 6.07) is 8.47. The smallest absolute Gasteiger partial charge is 0.273 e. The summed E-state index contributed by atoms with van der Waals surface area (Å²) in [5.74, 6) is -0.360. The Bertz CT molecular complexity index is 659. The predicted octanol–water partition coefficient (Wildman–Crippen LogP) is 1.73. The second-order valence-corrected chi connectivity index (χ2v) is 4.69. The Labute approximate surface area is 123 Å². The minimum absolute atomic E-state index is 0.127. The van der Waals surface area contributed by atoms with Gasteiger partial charge in [-0.25, -0.2) is 0 Å². The first-order valence-electron chi connectivity index (χ1n) is 6.71. The van der Waals surface area contributed by atoms with E-state index in [0.717, 1.165) is 5.69 Å². The van der Waals surface area contributed by atoms with Crippen LogP contribution in [0.1, 0.15) is 33.5 Å². The molecule has 2 N–H and O–H groups in total. The van der Waals surface area contributed by atoms with Gasteiger partial charge < -0.3 is 10.6 Å². The van der Waals surface area contributed by atoms with E-state index >= 15 is 0 Å². The number of benzene rings is 1. The number of hydrogen-bond donors (Lipinski definition) is 2. The summed E-state index contributed by atoms with van der Waals surface area (Å²) in [7, 11) is 1.72. The first-order valence-corrected chi connectivity index (χ1v) is 6.71. The van der Waals surface area contributed by atoms with Crippen molar-refractivity contribution in [1.29, 1.82) is 0 Å². The number of carbonyl (C=O) groups excluding carboxylic acids is 2.